The number of anilines is 2. The highest BCUT2D eigenvalue weighted by atomic mass is 35.5. The van der Waals surface area contributed by atoms with Crippen LogP contribution in [-0.2, 0) is 6.54 Å². The first-order chi connectivity index (χ1) is 8.58. The van der Waals surface area contributed by atoms with E-state index in [1.165, 1.54) is 12.1 Å². The zero-order valence-electron chi connectivity index (χ0n) is 9.59. The molecule has 2 rings (SSSR count). The molecule has 0 spiro atoms. The number of carbonyl (C=O) groups is 1. The van der Waals surface area contributed by atoms with E-state index in [-0.39, 0.29) is 10.7 Å². The molecule has 0 bridgehead atoms. The molecule has 18 heavy (non-hydrogen) atoms. The van der Waals surface area contributed by atoms with Gasteiger partial charge in [-0.3, -0.25) is 4.68 Å². The molecule has 2 aromatic rings. The number of carboxylic acid groups (broad SMARTS) is 1. The lowest BCUT2D eigenvalue weighted by Crippen LogP contribution is -2.02. The fraction of sp³-hybridized carbons (Fsp3) is 0.182. The molecule has 0 aliphatic rings. The molecule has 0 atom stereocenters. The molecule has 94 valence electrons. The van der Waals surface area contributed by atoms with Crippen molar-refractivity contribution >= 4 is 29.2 Å². The number of halogens is 1. The predicted molar refractivity (Wildman–Crippen MR) is 67.4 cm³/mol. The molecule has 6 nitrogen and oxygen atoms in total. The van der Waals surface area contributed by atoms with Gasteiger partial charge in [0.2, 0.25) is 0 Å². The Morgan fingerprint density at radius 1 is 1.50 bits per heavy atom. The zero-order chi connectivity index (χ0) is 13.1. The van der Waals surface area contributed by atoms with Gasteiger partial charge in [-0.1, -0.05) is 11.6 Å². The maximum absolute atomic E-state index is 10.9. The van der Waals surface area contributed by atoms with Crippen LogP contribution in [0.15, 0.2) is 24.4 Å². The first kappa shape index (κ1) is 12.4. The summed E-state index contributed by atoms with van der Waals surface area (Å²) in [6.07, 6.45) is 1.81. The van der Waals surface area contributed by atoms with Crippen molar-refractivity contribution in [1.82, 2.24) is 14.8 Å². The van der Waals surface area contributed by atoms with Gasteiger partial charge in [0.1, 0.15) is 11.0 Å². The first-order valence-corrected chi connectivity index (χ1v) is 5.67. The molecule has 0 aliphatic carbocycles. The van der Waals surface area contributed by atoms with Gasteiger partial charge >= 0.3 is 5.97 Å². The molecule has 0 fully saturated rings. The van der Waals surface area contributed by atoms with Gasteiger partial charge in [-0.15, -0.1) is 0 Å². The van der Waals surface area contributed by atoms with Crippen LogP contribution in [0.5, 0.6) is 0 Å². The second-order valence-corrected chi connectivity index (χ2v) is 3.94. The van der Waals surface area contributed by atoms with Crippen LogP contribution in [0.4, 0.5) is 11.6 Å². The zero-order valence-corrected chi connectivity index (χ0v) is 10.3. The van der Waals surface area contributed by atoms with Gasteiger partial charge < -0.3 is 10.4 Å². The van der Waals surface area contributed by atoms with E-state index in [4.69, 9.17) is 16.7 Å². The molecule has 0 radical (unpaired) electrons. The van der Waals surface area contributed by atoms with Crippen LogP contribution in [-0.4, -0.2) is 25.8 Å². The van der Waals surface area contributed by atoms with E-state index in [0.29, 0.717) is 11.6 Å². The summed E-state index contributed by atoms with van der Waals surface area (Å²) >= 11 is 5.75. The fourth-order valence-electron chi connectivity index (χ4n) is 1.42. The Hall–Kier alpha value is -2.08. The number of nitrogens with zero attached hydrogens (tertiary/aromatic N) is 3. The van der Waals surface area contributed by atoms with Crippen molar-refractivity contribution in [3.63, 3.8) is 0 Å². The average molecular weight is 267 g/mol. The van der Waals surface area contributed by atoms with Gasteiger partial charge in [0.25, 0.3) is 0 Å². The number of rotatable bonds is 4. The summed E-state index contributed by atoms with van der Waals surface area (Å²) in [5, 5.41) is 16.1. The highest BCUT2D eigenvalue weighted by Gasteiger charge is 2.08. The molecule has 7 heteroatoms. The van der Waals surface area contributed by atoms with Crippen LogP contribution in [0.3, 0.4) is 0 Å². The predicted octanol–water partition coefficient (Wildman–Crippen LogP) is 2.39. The number of aryl methyl sites for hydroxylation is 1. The van der Waals surface area contributed by atoms with Crippen molar-refractivity contribution in [2.24, 2.45) is 0 Å². The van der Waals surface area contributed by atoms with E-state index >= 15 is 0 Å². The van der Waals surface area contributed by atoms with Gasteiger partial charge in [0.15, 0.2) is 5.82 Å². The monoisotopic (exact) mass is 266 g/mol. The smallest absolute Gasteiger partial charge is 0.335 e. The third kappa shape index (κ3) is 2.78. The Morgan fingerprint density at radius 2 is 2.28 bits per heavy atom. The summed E-state index contributed by atoms with van der Waals surface area (Å²) in [6.45, 7) is 2.72. The van der Waals surface area contributed by atoms with E-state index in [2.05, 4.69) is 15.4 Å². The number of aromatic nitrogens is 3. The van der Waals surface area contributed by atoms with Gasteiger partial charge in [0, 0.05) is 18.8 Å². The lowest BCUT2D eigenvalue weighted by molar-refractivity contribution is 0.0697. The molecule has 2 aromatic heterocycles. The van der Waals surface area contributed by atoms with Crippen molar-refractivity contribution in [2.45, 2.75) is 13.5 Å². The summed E-state index contributed by atoms with van der Waals surface area (Å²) in [6, 6.07) is 4.46. The molecule has 2 N–H and O–H groups in total. The van der Waals surface area contributed by atoms with Gasteiger partial charge in [0.05, 0.1) is 5.56 Å². The molecule has 0 aromatic carbocycles. The average Bonchev–Trinajstić information content (AvgIpc) is 2.76. The number of pyridine rings is 1. The minimum Gasteiger partial charge on any atom is -0.478 e. The van der Waals surface area contributed by atoms with Crippen molar-refractivity contribution in [3.05, 3.63) is 35.1 Å². The second kappa shape index (κ2) is 5.05. The number of nitrogens with one attached hydrogen (secondary N) is 1. The first-order valence-electron chi connectivity index (χ1n) is 5.30. The fourth-order valence-corrected chi connectivity index (χ4v) is 1.63. The maximum Gasteiger partial charge on any atom is 0.335 e. The Balaban J connectivity index is 2.25. The van der Waals surface area contributed by atoms with Crippen LogP contribution >= 0.6 is 11.6 Å². The summed E-state index contributed by atoms with van der Waals surface area (Å²) < 4.78 is 1.74. The van der Waals surface area contributed by atoms with Crippen LogP contribution in [0.1, 0.15) is 17.3 Å². The van der Waals surface area contributed by atoms with E-state index in [9.17, 15) is 4.79 Å². The van der Waals surface area contributed by atoms with E-state index in [0.717, 1.165) is 6.54 Å². The lowest BCUT2D eigenvalue weighted by Gasteiger charge is -2.04. The normalized spacial score (nSPS) is 10.3. The topological polar surface area (TPSA) is 80.0 Å². The van der Waals surface area contributed by atoms with Crippen LogP contribution < -0.4 is 5.32 Å². The minimum absolute atomic E-state index is 0.0763. The highest BCUT2D eigenvalue weighted by Crippen LogP contribution is 2.18. The van der Waals surface area contributed by atoms with Crippen LogP contribution in [0, 0.1) is 0 Å². The molecule has 0 amide bonds. The van der Waals surface area contributed by atoms with Crippen LogP contribution in [0.2, 0.25) is 5.15 Å². The van der Waals surface area contributed by atoms with Gasteiger partial charge in [-0.2, -0.15) is 5.10 Å². The molecule has 2 heterocycles. The number of hydrogen-bond donors (Lipinski definition) is 2. The third-order valence-electron chi connectivity index (χ3n) is 2.26. The molecule has 0 unspecified atom stereocenters. The number of carboxylic acids is 1. The molecular weight excluding hydrogens is 256 g/mol. The summed E-state index contributed by atoms with van der Waals surface area (Å²) in [4.78, 5) is 14.9. The summed E-state index contributed by atoms with van der Waals surface area (Å²) in [7, 11) is 0. The third-order valence-corrected chi connectivity index (χ3v) is 2.46. The molecule has 0 aliphatic heterocycles. The Morgan fingerprint density at radius 3 is 2.89 bits per heavy atom. The number of aromatic carboxylic acids is 1. The molecular formula is C11H11ClN4O2. The van der Waals surface area contributed by atoms with Crippen molar-refractivity contribution < 1.29 is 9.90 Å². The standard InChI is InChI=1S/C11H11ClN4O2/c1-2-16-4-3-9(15-16)14-10-6-7(11(17)18)5-8(12)13-10/h3-6H,2H2,1H3,(H,17,18)(H,13,14,15). The molecule has 0 saturated carbocycles. The van der Waals surface area contributed by atoms with Gasteiger partial charge in [-0.05, 0) is 19.1 Å². The second-order valence-electron chi connectivity index (χ2n) is 3.55. The van der Waals surface area contributed by atoms with E-state index < -0.39 is 5.97 Å². The SMILES string of the molecule is CCn1ccc(Nc2cc(C(=O)O)cc(Cl)n2)n1. The van der Waals surface area contributed by atoms with Crippen LogP contribution in [0.25, 0.3) is 0 Å². The van der Waals surface area contributed by atoms with Crippen molar-refractivity contribution in [2.75, 3.05) is 5.32 Å². The Kier molecular flexibility index (Phi) is 3.47. The minimum atomic E-state index is -1.05. The van der Waals surface area contributed by atoms with Crippen molar-refractivity contribution in [3.8, 4) is 0 Å². The summed E-state index contributed by atoms with van der Waals surface area (Å²) in [5.74, 6) is -0.120. The quantitative estimate of drug-likeness (QED) is 0.831. The Labute approximate surface area is 108 Å². The molecule has 0 saturated heterocycles. The largest absolute Gasteiger partial charge is 0.478 e. The Bertz CT molecular complexity index is 582. The van der Waals surface area contributed by atoms with Crippen molar-refractivity contribution in [1.29, 1.82) is 0 Å². The lowest BCUT2D eigenvalue weighted by atomic mass is 10.2. The highest BCUT2D eigenvalue weighted by molar-refractivity contribution is 6.29. The maximum atomic E-state index is 10.9. The number of hydrogen-bond acceptors (Lipinski definition) is 4. The van der Waals surface area contributed by atoms with E-state index in [1.54, 1.807) is 10.7 Å². The van der Waals surface area contributed by atoms with E-state index in [1.807, 2.05) is 13.1 Å². The summed E-state index contributed by atoms with van der Waals surface area (Å²) in [5.41, 5.74) is 0.0763. The van der Waals surface area contributed by atoms with Gasteiger partial charge in [-0.25, -0.2) is 9.78 Å².